The van der Waals surface area contributed by atoms with Crippen LogP contribution in [0.5, 0.6) is 0 Å². The first kappa shape index (κ1) is 16.8. The Kier molecular flexibility index (Phi) is 4.84. The molecular formula is C20H20N4O. The lowest BCUT2D eigenvalue weighted by Crippen LogP contribution is -2.27. The molecular weight excluding hydrogens is 312 g/mol. The summed E-state index contributed by atoms with van der Waals surface area (Å²) in [4.78, 5) is 23.0. The molecule has 5 nitrogen and oxygen atoms in total. The second-order valence-corrected chi connectivity index (χ2v) is 5.92. The fourth-order valence-corrected chi connectivity index (χ4v) is 3.20. The van der Waals surface area contributed by atoms with Crippen molar-refractivity contribution in [3.8, 4) is 0 Å². The number of aromatic nitrogens is 1. The molecule has 0 saturated carbocycles. The van der Waals surface area contributed by atoms with E-state index in [9.17, 15) is 4.79 Å². The molecule has 5 heteroatoms. The Morgan fingerprint density at radius 3 is 2.72 bits per heavy atom. The van der Waals surface area contributed by atoms with Gasteiger partial charge in [-0.25, -0.2) is 0 Å². The minimum atomic E-state index is -0.441. The third-order valence-electron chi connectivity index (χ3n) is 4.38. The SMILES string of the molecule is C=CCN=C1C(=O)N(C)C(c2cccnc2)C1C(=N)c1ccccc1. The molecule has 126 valence electrons. The molecule has 1 saturated heterocycles. The molecule has 2 heterocycles. The second kappa shape index (κ2) is 7.21. The second-order valence-electron chi connectivity index (χ2n) is 5.92. The topological polar surface area (TPSA) is 69.4 Å². The number of likely N-dealkylation sites (tertiary alicyclic amines) is 1. The minimum absolute atomic E-state index is 0.151. The molecule has 1 fully saturated rings. The van der Waals surface area contributed by atoms with Crippen molar-refractivity contribution in [1.29, 1.82) is 5.41 Å². The van der Waals surface area contributed by atoms with Gasteiger partial charge in [-0.2, -0.15) is 0 Å². The Balaban J connectivity index is 2.10. The average Bonchev–Trinajstić information content (AvgIpc) is 2.91. The smallest absolute Gasteiger partial charge is 0.268 e. The van der Waals surface area contributed by atoms with Crippen molar-refractivity contribution >= 4 is 17.3 Å². The van der Waals surface area contributed by atoms with Gasteiger partial charge < -0.3 is 10.3 Å². The van der Waals surface area contributed by atoms with Gasteiger partial charge in [0.15, 0.2) is 0 Å². The summed E-state index contributed by atoms with van der Waals surface area (Å²) in [5.41, 5.74) is 2.48. The van der Waals surface area contributed by atoms with Crippen LogP contribution in [0, 0.1) is 11.3 Å². The largest absolute Gasteiger partial charge is 0.332 e. The quantitative estimate of drug-likeness (QED) is 0.675. The molecule has 2 atom stereocenters. The van der Waals surface area contributed by atoms with Crippen LogP contribution in [0.1, 0.15) is 17.2 Å². The van der Waals surface area contributed by atoms with Gasteiger partial charge in [-0.15, -0.1) is 6.58 Å². The minimum Gasteiger partial charge on any atom is -0.332 e. The van der Waals surface area contributed by atoms with Gasteiger partial charge in [-0.05, 0) is 17.2 Å². The molecule has 0 radical (unpaired) electrons. The van der Waals surface area contributed by atoms with Crippen LogP contribution >= 0.6 is 0 Å². The maximum absolute atomic E-state index is 12.8. The van der Waals surface area contributed by atoms with Crippen molar-refractivity contribution in [2.24, 2.45) is 10.9 Å². The predicted octanol–water partition coefficient (Wildman–Crippen LogP) is 2.91. The highest BCUT2D eigenvalue weighted by Crippen LogP contribution is 2.37. The molecule has 1 amide bonds. The van der Waals surface area contributed by atoms with Crippen molar-refractivity contribution in [2.75, 3.05) is 13.6 Å². The molecule has 2 unspecified atom stereocenters. The lowest BCUT2D eigenvalue weighted by atomic mass is 9.86. The van der Waals surface area contributed by atoms with Gasteiger partial charge in [0.1, 0.15) is 5.71 Å². The van der Waals surface area contributed by atoms with Crippen LogP contribution in [0.3, 0.4) is 0 Å². The molecule has 0 spiro atoms. The zero-order valence-electron chi connectivity index (χ0n) is 14.1. The van der Waals surface area contributed by atoms with E-state index >= 15 is 0 Å². The lowest BCUT2D eigenvalue weighted by molar-refractivity contribution is -0.122. The van der Waals surface area contributed by atoms with Crippen LogP contribution in [0.4, 0.5) is 0 Å². The van der Waals surface area contributed by atoms with Crippen LogP contribution in [0.2, 0.25) is 0 Å². The summed E-state index contributed by atoms with van der Waals surface area (Å²) >= 11 is 0. The number of benzene rings is 1. The number of hydrogen-bond acceptors (Lipinski definition) is 4. The van der Waals surface area contributed by atoms with Gasteiger partial charge in [0, 0.05) is 19.4 Å². The highest BCUT2D eigenvalue weighted by atomic mass is 16.2. The standard InChI is InChI=1S/C20H20N4O/c1-3-11-23-18-16(17(21)14-8-5-4-6-9-14)19(24(2)20(18)25)15-10-7-12-22-13-15/h3-10,12-13,16,19,21H,1,11H2,2H3. The van der Waals surface area contributed by atoms with E-state index in [1.807, 2.05) is 42.5 Å². The number of hydrogen-bond donors (Lipinski definition) is 1. The van der Waals surface area contributed by atoms with Gasteiger partial charge in [0.25, 0.3) is 5.91 Å². The third kappa shape index (κ3) is 3.13. The molecule has 1 N–H and O–H groups in total. The molecule has 0 aliphatic carbocycles. The van der Waals surface area contributed by atoms with Crippen molar-refractivity contribution in [2.45, 2.75) is 6.04 Å². The van der Waals surface area contributed by atoms with Gasteiger partial charge >= 0.3 is 0 Å². The highest BCUT2D eigenvalue weighted by molar-refractivity contribution is 6.46. The van der Waals surface area contributed by atoms with Crippen LogP contribution in [-0.4, -0.2) is 40.8 Å². The van der Waals surface area contributed by atoms with Gasteiger partial charge in [-0.3, -0.25) is 14.8 Å². The zero-order valence-corrected chi connectivity index (χ0v) is 14.1. The maximum Gasteiger partial charge on any atom is 0.268 e. The molecule has 1 aromatic carbocycles. The number of nitrogens with zero attached hydrogens (tertiary/aromatic N) is 3. The maximum atomic E-state index is 12.8. The van der Waals surface area contributed by atoms with E-state index in [1.54, 1.807) is 30.4 Å². The monoisotopic (exact) mass is 332 g/mol. The summed E-state index contributed by atoms with van der Waals surface area (Å²) in [5, 5.41) is 8.75. The first-order valence-electron chi connectivity index (χ1n) is 8.11. The van der Waals surface area contributed by atoms with Crippen molar-refractivity contribution < 1.29 is 4.79 Å². The number of aliphatic imine (C=N–C) groups is 1. The normalized spacial score (nSPS) is 21.6. The van der Waals surface area contributed by atoms with E-state index in [2.05, 4.69) is 16.6 Å². The summed E-state index contributed by atoms with van der Waals surface area (Å²) in [6, 6.07) is 13.0. The fourth-order valence-electron chi connectivity index (χ4n) is 3.20. The summed E-state index contributed by atoms with van der Waals surface area (Å²) < 4.78 is 0. The van der Waals surface area contributed by atoms with E-state index in [0.717, 1.165) is 11.1 Å². The Bertz CT molecular complexity index is 814. The zero-order chi connectivity index (χ0) is 17.8. The summed E-state index contributed by atoms with van der Waals surface area (Å²) in [6.45, 7) is 4.03. The average molecular weight is 332 g/mol. The molecule has 1 aliphatic rings. The Morgan fingerprint density at radius 2 is 2.08 bits per heavy atom. The molecule has 25 heavy (non-hydrogen) atoms. The molecule has 2 aromatic rings. The third-order valence-corrected chi connectivity index (χ3v) is 4.38. The summed E-state index contributed by atoms with van der Waals surface area (Å²) in [6.07, 6.45) is 5.10. The number of carbonyl (C=O) groups is 1. The van der Waals surface area contributed by atoms with Gasteiger partial charge in [0.2, 0.25) is 0 Å². The Morgan fingerprint density at radius 1 is 1.32 bits per heavy atom. The number of rotatable bonds is 5. The van der Waals surface area contributed by atoms with Crippen molar-refractivity contribution in [3.63, 3.8) is 0 Å². The Labute approximate surface area is 147 Å². The van der Waals surface area contributed by atoms with E-state index in [-0.39, 0.29) is 11.9 Å². The fraction of sp³-hybridized carbons (Fsp3) is 0.200. The lowest BCUT2D eigenvalue weighted by Gasteiger charge is -2.25. The number of carbonyl (C=O) groups excluding carboxylic acids is 1. The van der Waals surface area contributed by atoms with Crippen LogP contribution in [0.15, 0.2) is 72.5 Å². The molecule has 1 aromatic heterocycles. The van der Waals surface area contributed by atoms with Crippen molar-refractivity contribution in [3.05, 3.63) is 78.6 Å². The van der Waals surface area contributed by atoms with E-state index in [4.69, 9.17) is 5.41 Å². The molecule has 0 bridgehead atoms. The number of pyridine rings is 1. The Hall–Kier alpha value is -3.08. The van der Waals surface area contributed by atoms with Crippen molar-refractivity contribution in [1.82, 2.24) is 9.88 Å². The van der Waals surface area contributed by atoms with E-state index in [1.165, 1.54) is 0 Å². The first-order valence-corrected chi connectivity index (χ1v) is 8.11. The van der Waals surface area contributed by atoms with E-state index in [0.29, 0.717) is 18.0 Å². The molecule has 3 rings (SSSR count). The summed E-state index contributed by atoms with van der Waals surface area (Å²) in [5.74, 6) is -0.592. The van der Waals surface area contributed by atoms with E-state index < -0.39 is 5.92 Å². The predicted molar refractivity (Wildman–Crippen MR) is 99.0 cm³/mol. The number of nitrogens with one attached hydrogen (secondary N) is 1. The van der Waals surface area contributed by atoms with Crippen LogP contribution < -0.4 is 0 Å². The van der Waals surface area contributed by atoms with Gasteiger partial charge in [-0.1, -0.05) is 42.5 Å². The highest BCUT2D eigenvalue weighted by Gasteiger charge is 2.46. The van der Waals surface area contributed by atoms with Crippen LogP contribution in [-0.2, 0) is 4.79 Å². The van der Waals surface area contributed by atoms with Gasteiger partial charge in [0.05, 0.1) is 24.2 Å². The molecule has 1 aliphatic heterocycles. The number of amides is 1. The summed E-state index contributed by atoms with van der Waals surface area (Å²) in [7, 11) is 1.75. The van der Waals surface area contributed by atoms with Crippen LogP contribution in [0.25, 0.3) is 0 Å². The first-order chi connectivity index (χ1) is 12.1.